The average molecular weight is 422 g/mol. The summed E-state index contributed by atoms with van der Waals surface area (Å²) in [6.07, 6.45) is 0. The van der Waals surface area contributed by atoms with E-state index in [1.165, 1.54) is 16.4 Å². The van der Waals surface area contributed by atoms with E-state index < -0.39 is 10.0 Å². The van der Waals surface area contributed by atoms with Gasteiger partial charge in [0.2, 0.25) is 15.9 Å². The highest BCUT2D eigenvalue weighted by Gasteiger charge is 2.30. The molecule has 2 amide bonds. The van der Waals surface area contributed by atoms with E-state index in [9.17, 15) is 18.0 Å². The molecule has 1 heterocycles. The molecule has 9 heteroatoms. The van der Waals surface area contributed by atoms with Gasteiger partial charge in [-0.25, -0.2) is 8.42 Å². The van der Waals surface area contributed by atoms with E-state index in [4.69, 9.17) is 11.6 Å². The lowest BCUT2D eigenvalue weighted by Crippen LogP contribution is -2.52. The van der Waals surface area contributed by atoms with Crippen LogP contribution in [0.4, 0.5) is 0 Å². The van der Waals surface area contributed by atoms with Gasteiger partial charge in [-0.15, -0.1) is 0 Å². The van der Waals surface area contributed by atoms with Gasteiger partial charge >= 0.3 is 0 Å². The fraction of sp³-hybridized carbons (Fsp3) is 0.263. The molecule has 28 heavy (non-hydrogen) atoms. The number of benzene rings is 2. The minimum atomic E-state index is -3.65. The lowest BCUT2D eigenvalue weighted by Gasteiger charge is -2.34. The number of hydrogen-bond acceptors (Lipinski definition) is 4. The first-order valence-corrected chi connectivity index (χ1v) is 10.6. The van der Waals surface area contributed by atoms with Gasteiger partial charge in [0.1, 0.15) is 0 Å². The third kappa shape index (κ3) is 4.70. The van der Waals surface area contributed by atoms with Gasteiger partial charge in [-0.2, -0.15) is 4.31 Å². The molecule has 1 N–H and O–H groups in total. The van der Waals surface area contributed by atoms with Gasteiger partial charge in [0.05, 0.1) is 11.4 Å². The standard InChI is InChI=1S/C19H20ClN3O4S/c20-16-7-4-8-17(13-16)28(26,27)23-11-9-22(10-12-23)18(24)14-21-19(25)15-5-2-1-3-6-15/h1-8,13H,9-12,14H2,(H,21,25). The first kappa shape index (κ1) is 20.3. The maximum atomic E-state index is 12.7. The molecular formula is C19H20ClN3O4S. The quantitative estimate of drug-likeness (QED) is 0.794. The third-order valence-corrected chi connectivity index (χ3v) is 6.59. The molecule has 1 aliphatic rings. The largest absolute Gasteiger partial charge is 0.343 e. The fourth-order valence-electron chi connectivity index (χ4n) is 2.91. The van der Waals surface area contributed by atoms with Crippen LogP contribution in [0.25, 0.3) is 0 Å². The third-order valence-electron chi connectivity index (χ3n) is 4.46. The van der Waals surface area contributed by atoms with Crippen LogP contribution in [0.5, 0.6) is 0 Å². The van der Waals surface area contributed by atoms with Gasteiger partial charge in [-0.1, -0.05) is 35.9 Å². The molecule has 0 unspecified atom stereocenters. The van der Waals surface area contributed by atoms with Crippen molar-refractivity contribution >= 4 is 33.4 Å². The predicted molar refractivity (Wildman–Crippen MR) is 106 cm³/mol. The molecule has 7 nitrogen and oxygen atoms in total. The van der Waals surface area contributed by atoms with Crippen molar-refractivity contribution in [1.82, 2.24) is 14.5 Å². The van der Waals surface area contributed by atoms with Crippen molar-refractivity contribution in [2.24, 2.45) is 0 Å². The van der Waals surface area contributed by atoms with Gasteiger partial charge in [0.15, 0.2) is 0 Å². The minimum absolute atomic E-state index is 0.130. The lowest BCUT2D eigenvalue weighted by molar-refractivity contribution is -0.131. The van der Waals surface area contributed by atoms with E-state index in [1.54, 1.807) is 47.4 Å². The fourth-order valence-corrected chi connectivity index (χ4v) is 4.64. The summed E-state index contributed by atoms with van der Waals surface area (Å²) < 4.78 is 26.7. The molecule has 1 aliphatic heterocycles. The number of halogens is 1. The molecule has 2 aromatic rings. The molecule has 0 aromatic heterocycles. The van der Waals surface area contributed by atoms with Crippen LogP contribution < -0.4 is 5.32 Å². The number of nitrogens with one attached hydrogen (secondary N) is 1. The average Bonchev–Trinajstić information content (AvgIpc) is 2.72. The SMILES string of the molecule is O=C(NCC(=O)N1CCN(S(=O)(=O)c2cccc(Cl)c2)CC1)c1ccccc1. The molecule has 3 rings (SSSR count). The summed E-state index contributed by atoms with van der Waals surface area (Å²) in [7, 11) is -3.65. The Morgan fingerprint density at radius 1 is 0.964 bits per heavy atom. The van der Waals surface area contributed by atoms with Crippen molar-refractivity contribution in [3.05, 3.63) is 65.2 Å². The molecule has 1 fully saturated rings. The second-order valence-corrected chi connectivity index (χ2v) is 8.67. The van der Waals surface area contributed by atoms with Crippen molar-refractivity contribution < 1.29 is 18.0 Å². The Morgan fingerprint density at radius 3 is 2.29 bits per heavy atom. The van der Waals surface area contributed by atoms with Crippen molar-refractivity contribution in [3.8, 4) is 0 Å². The molecule has 0 spiro atoms. The van der Waals surface area contributed by atoms with Crippen LogP contribution in [0.2, 0.25) is 5.02 Å². The zero-order valence-corrected chi connectivity index (χ0v) is 16.6. The minimum Gasteiger partial charge on any atom is -0.343 e. The molecule has 0 radical (unpaired) electrons. The summed E-state index contributed by atoms with van der Waals surface area (Å²) in [5, 5.41) is 2.94. The van der Waals surface area contributed by atoms with E-state index >= 15 is 0 Å². The summed E-state index contributed by atoms with van der Waals surface area (Å²) in [5.74, 6) is -0.569. The van der Waals surface area contributed by atoms with Crippen molar-refractivity contribution in [1.29, 1.82) is 0 Å². The number of hydrogen-bond donors (Lipinski definition) is 1. The second kappa shape index (κ2) is 8.72. The van der Waals surface area contributed by atoms with Crippen LogP contribution in [0.3, 0.4) is 0 Å². The van der Waals surface area contributed by atoms with Crippen LogP contribution in [0.1, 0.15) is 10.4 Å². The molecule has 148 valence electrons. The number of nitrogens with zero attached hydrogens (tertiary/aromatic N) is 2. The van der Waals surface area contributed by atoms with Crippen LogP contribution in [-0.4, -0.2) is 62.2 Å². The summed E-state index contributed by atoms with van der Waals surface area (Å²) in [6, 6.07) is 14.7. The number of amides is 2. The van der Waals surface area contributed by atoms with Gasteiger partial charge in [-0.05, 0) is 30.3 Å². The van der Waals surface area contributed by atoms with Crippen molar-refractivity contribution in [2.75, 3.05) is 32.7 Å². The Bertz CT molecular complexity index is 958. The Morgan fingerprint density at radius 2 is 1.64 bits per heavy atom. The van der Waals surface area contributed by atoms with E-state index in [-0.39, 0.29) is 49.4 Å². The monoisotopic (exact) mass is 421 g/mol. The summed E-state index contributed by atoms with van der Waals surface area (Å²) in [6.45, 7) is 0.773. The Kier molecular flexibility index (Phi) is 6.33. The van der Waals surface area contributed by atoms with Crippen LogP contribution in [0.15, 0.2) is 59.5 Å². The topological polar surface area (TPSA) is 86.8 Å². The lowest BCUT2D eigenvalue weighted by atomic mass is 10.2. The van der Waals surface area contributed by atoms with Gasteiger partial charge in [-0.3, -0.25) is 9.59 Å². The summed E-state index contributed by atoms with van der Waals surface area (Å²) in [4.78, 5) is 26.0. The van der Waals surface area contributed by atoms with E-state index in [0.717, 1.165) is 0 Å². The maximum absolute atomic E-state index is 12.7. The highest BCUT2D eigenvalue weighted by Crippen LogP contribution is 2.20. The molecular weight excluding hydrogens is 402 g/mol. The number of carbonyl (C=O) groups is 2. The predicted octanol–water partition coefficient (Wildman–Crippen LogP) is 1.60. The van der Waals surface area contributed by atoms with Gasteiger partial charge < -0.3 is 10.2 Å². The number of rotatable bonds is 5. The molecule has 0 aliphatic carbocycles. The molecule has 0 saturated carbocycles. The zero-order valence-electron chi connectivity index (χ0n) is 15.0. The summed E-state index contributed by atoms with van der Waals surface area (Å²) >= 11 is 5.89. The van der Waals surface area contributed by atoms with Crippen LogP contribution in [-0.2, 0) is 14.8 Å². The Balaban J connectivity index is 1.53. The van der Waals surface area contributed by atoms with Crippen molar-refractivity contribution in [2.45, 2.75) is 4.90 Å². The van der Waals surface area contributed by atoms with Crippen LogP contribution >= 0.6 is 11.6 Å². The molecule has 2 aromatic carbocycles. The molecule has 0 atom stereocenters. The first-order valence-electron chi connectivity index (χ1n) is 8.74. The van der Waals surface area contributed by atoms with Crippen molar-refractivity contribution in [3.63, 3.8) is 0 Å². The number of sulfonamides is 1. The Labute approximate surface area is 168 Å². The van der Waals surface area contributed by atoms with E-state index in [1.807, 2.05) is 0 Å². The zero-order chi connectivity index (χ0) is 20.1. The summed E-state index contributed by atoms with van der Waals surface area (Å²) in [5.41, 5.74) is 0.479. The number of piperazine rings is 1. The number of carbonyl (C=O) groups excluding carboxylic acids is 2. The van der Waals surface area contributed by atoms with E-state index in [2.05, 4.69) is 5.32 Å². The van der Waals surface area contributed by atoms with E-state index in [0.29, 0.717) is 10.6 Å². The highest BCUT2D eigenvalue weighted by molar-refractivity contribution is 7.89. The maximum Gasteiger partial charge on any atom is 0.251 e. The molecule has 1 saturated heterocycles. The second-order valence-electron chi connectivity index (χ2n) is 6.29. The smallest absolute Gasteiger partial charge is 0.251 e. The Hall–Kier alpha value is -2.42. The highest BCUT2D eigenvalue weighted by atomic mass is 35.5. The van der Waals surface area contributed by atoms with Crippen LogP contribution in [0, 0.1) is 0 Å². The van der Waals surface area contributed by atoms with Gasteiger partial charge in [0.25, 0.3) is 5.91 Å². The molecule has 0 bridgehead atoms. The first-order chi connectivity index (χ1) is 13.4. The normalized spacial score (nSPS) is 15.2. The van der Waals surface area contributed by atoms with Gasteiger partial charge in [0, 0.05) is 36.8 Å².